The zero-order chi connectivity index (χ0) is 13.8. The molecule has 2 unspecified atom stereocenters. The number of hydrogen-bond donors (Lipinski definition) is 2. The van der Waals surface area contributed by atoms with Gasteiger partial charge in [0.15, 0.2) is 0 Å². The molecule has 2 rings (SSSR count). The third-order valence-corrected chi connectivity index (χ3v) is 3.54. The van der Waals surface area contributed by atoms with Crippen molar-refractivity contribution in [2.75, 3.05) is 0 Å². The summed E-state index contributed by atoms with van der Waals surface area (Å²) in [6.07, 6.45) is 1.69. The average Bonchev–Trinajstić information content (AvgIpc) is 2.43. The third kappa shape index (κ3) is 2.76. The van der Waals surface area contributed by atoms with Crippen LogP contribution in [0.3, 0.4) is 0 Å². The van der Waals surface area contributed by atoms with Crippen molar-refractivity contribution in [1.82, 2.24) is 0 Å². The predicted molar refractivity (Wildman–Crippen MR) is 77.2 cm³/mol. The van der Waals surface area contributed by atoms with Gasteiger partial charge in [0.1, 0.15) is 6.04 Å². The predicted octanol–water partition coefficient (Wildman–Crippen LogP) is 3.14. The molecule has 0 aliphatic heterocycles. The van der Waals surface area contributed by atoms with Gasteiger partial charge in [-0.2, -0.15) is 0 Å². The molecule has 0 aromatic heterocycles. The first-order chi connectivity index (χ1) is 9.15. The van der Waals surface area contributed by atoms with Crippen LogP contribution in [0.1, 0.15) is 31.2 Å². The normalized spacial score (nSPS) is 14.2. The molecule has 2 aromatic carbocycles. The highest BCUT2D eigenvalue weighted by Gasteiger charge is 2.26. The van der Waals surface area contributed by atoms with Gasteiger partial charge < -0.3 is 10.8 Å². The second-order valence-corrected chi connectivity index (χ2v) is 4.83. The van der Waals surface area contributed by atoms with Crippen LogP contribution in [0.5, 0.6) is 0 Å². The Balaban J connectivity index is 2.52. The van der Waals surface area contributed by atoms with Crippen LogP contribution in [0.25, 0.3) is 10.8 Å². The van der Waals surface area contributed by atoms with E-state index >= 15 is 0 Å². The molecular weight excluding hydrogens is 238 g/mol. The van der Waals surface area contributed by atoms with Gasteiger partial charge in [0.25, 0.3) is 0 Å². The van der Waals surface area contributed by atoms with Crippen LogP contribution in [0.15, 0.2) is 42.5 Å². The second-order valence-electron chi connectivity index (χ2n) is 4.83. The molecule has 19 heavy (non-hydrogen) atoms. The van der Waals surface area contributed by atoms with Gasteiger partial charge in [-0.3, -0.25) is 4.79 Å². The number of aliphatic carboxylic acids is 1. The maximum Gasteiger partial charge on any atom is 0.321 e. The Bertz CT molecular complexity index is 574. The Morgan fingerprint density at radius 3 is 2.58 bits per heavy atom. The molecule has 0 radical (unpaired) electrons. The van der Waals surface area contributed by atoms with Crippen LogP contribution in [-0.4, -0.2) is 17.1 Å². The Morgan fingerprint density at radius 1 is 1.21 bits per heavy atom. The topological polar surface area (TPSA) is 63.3 Å². The highest BCUT2D eigenvalue weighted by molar-refractivity contribution is 5.87. The molecule has 2 atom stereocenters. The lowest BCUT2D eigenvalue weighted by Gasteiger charge is -2.22. The highest BCUT2D eigenvalue weighted by Crippen LogP contribution is 2.30. The van der Waals surface area contributed by atoms with Gasteiger partial charge in [0.2, 0.25) is 0 Å². The minimum absolute atomic E-state index is 0.145. The van der Waals surface area contributed by atoms with Crippen LogP contribution in [0, 0.1) is 0 Å². The van der Waals surface area contributed by atoms with E-state index in [1.54, 1.807) is 0 Å². The molecule has 0 saturated heterocycles. The molecule has 0 heterocycles. The van der Waals surface area contributed by atoms with E-state index in [1.165, 1.54) is 0 Å². The first-order valence-corrected chi connectivity index (χ1v) is 6.61. The molecule has 3 nitrogen and oxygen atoms in total. The molecule has 100 valence electrons. The quantitative estimate of drug-likeness (QED) is 0.865. The Labute approximate surface area is 113 Å². The fourth-order valence-corrected chi connectivity index (χ4v) is 2.59. The van der Waals surface area contributed by atoms with E-state index in [2.05, 4.69) is 0 Å². The minimum atomic E-state index is -0.939. The summed E-state index contributed by atoms with van der Waals surface area (Å²) in [4.78, 5) is 11.2. The molecule has 2 aromatic rings. The van der Waals surface area contributed by atoms with E-state index in [4.69, 9.17) is 5.73 Å². The number of fused-ring (bicyclic) bond motifs is 1. The smallest absolute Gasteiger partial charge is 0.321 e. The number of carbonyl (C=O) groups is 1. The van der Waals surface area contributed by atoms with Crippen molar-refractivity contribution in [2.45, 2.75) is 31.7 Å². The SMILES string of the molecule is CCCC(c1cccc2ccccc12)C(N)C(=O)O. The molecule has 0 amide bonds. The number of rotatable bonds is 5. The summed E-state index contributed by atoms with van der Waals surface area (Å²) in [5.74, 6) is -1.08. The van der Waals surface area contributed by atoms with Gasteiger partial charge >= 0.3 is 5.97 Å². The van der Waals surface area contributed by atoms with E-state index < -0.39 is 12.0 Å². The minimum Gasteiger partial charge on any atom is -0.480 e. The van der Waals surface area contributed by atoms with Crippen LogP contribution < -0.4 is 5.73 Å². The first kappa shape index (κ1) is 13.6. The lowest BCUT2D eigenvalue weighted by Crippen LogP contribution is -2.36. The summed E-state index contributed by atoms with van der Waals surface area (Å²) in [6.45, 7) is 2.05. The van der Waals surface area contributed by atoms with Crippen LogP contribution in [-0.2, 0) is 4.79 Å². The highest BCUT2D eigenvalue weighted by atomic mass is 16.4. The number of benzene rings is 2. The molecule has 0 aliphatic carbocycles. The van der Waals surface area contributed by atoms with Crippen LogP contribution in [0.4, 0.5) is 0 Å². The Morgan fingerprint density at radius 2 is 1.89 bits per heavy atom. The van der Waals surface area contributed by atoms with E-state index in [9.17, 15) is 9.90 Å². The largest absolute Gasteiger partial charge is 0.480 e. The van der Waals surface area contributed by atoms with Crippen molar-refractivity contribution in [3.05, 3.63) is 48.0 Å². The fourth-order valence-electron chi connectivity index (χ4n) is 2.59. The Kier molecular flexibility index (Phi) is 4.17. The first-order valence-electron chi connectivity index (χ1n) is 6.61. The van der Waals surface area contributed by atoms with Crippen molar-refractivity contribution in [3.8, 4) is 0 Å². The van der Waals surface area contributed by atoms with Crippen molar-refractivity contribution in [1.29, 1.82) is 0 Å². The second kappa shape index (κ2) is 5.85. The van der Waals surface area contributed by atoms with Gasteiger partial charge in [-0.15, -0.1) is 0 Å². The van der Waals surface area contributed by atoms with E-state index in [0.29, 0.717) is 0 Å². The van der Waals surface area contributed by atoms with E-state index in [1.807, 2.05) is 49.4 Å². The fraction of sp³-hybridized carbons (Fsp3) is 0.312. The Hall–Kier alpha value is -1.87. The number of hydrogen-bond acceptors (Lipinski definition) is 2. The summed E-state index contributed by atoms with van der Waals surface area (Å²) < 4.78 is 0. The molecule has 3 N–H and O–H groups in total. The van der Waals surface area contributed by atoms with Crippen molar-refractivity contribution in [3.63, 3.8) is 0 Å². The summed E-state index contributed by atoms with van der Waals surface area (Å²) in [5.41, 5.74) is 6.91. The summed E-state index contributed by atoms with van der Waals surface area (Å²) in [5, 5.41) is 11.4. The third-order valence-electron chi connectivity index (χ3n) is 3.54. The molecule has 0 fully saturated rings. The van der Waals surface area contributed by atoms with Gasteiger partial charge in [-0.05, 0) is 22.8 Å². The number of carboxylic acids is 1. The molecule has 0 spiro atoms. The molecule has 0 saturated carbocycles. The van der Waals surface area contributed by atoms with Gasteiger partial charge in [0, 0.05) is 5.92 Å². The van der Waals surface area contributed by atoms with E-state index in [-0.39, 0.29) is 5.92 Å². The lowest BCUT2D eigenvalue weighted by molar-refractivity contribution is -0.139. The van der Waals surface area contributed by atoms with Crippen LogP contribution in [0.2, 0.25) is 0 Å². The number of carboxylic acid groups (broad SMARTS) is 1. The zero-order valence-electron chi connectivity index (χ0n) is 11.0. The van der Waals surface area contributed by atoms with Gasteiger partial charge in [-0.1, -0.05) is 55.8 Å². The maximum absolute atomic E-state index is 11.2. The van der Waals surface area contributed by atoms with Gasteiger partial charge in [-0.25, -0.2) is 0 Å². The molecule has 3 heteroatoms. The van der Waals surface area contributed by atoms with Crippen molar-refractivity contribution >= 4 is 16.7 Å². The number of nitrogens with two attached hydrogens (primary N) is 1. The van der Waals surface area contributed by atoms with Crippen LogP contribution >= 0.6 is 0 Å². The van der Waals surface area contributed by atoms with Gasteiger partial charge in [0.05, 0.1) is 0 Å². The zero-order valence-corrected chi connectivity index (χ0v) is 11.0. The summed E-state index contributed by atoms with van der Waals surface area (Å²) >= 11 is 0. The molecule has 0 bridgehead atoms. The summed E-state index contributed by atoms with van der Waals surface area (Å²) in [6, 6.07) is 13.2. The molecule has 0 aliphatic rings. The summed E-state index contributed by atoms with van der Waals surface area (Å²) in [7, 11) is 0. The maximum atomic E-state index is 11.2. The monoisotopic (exact) mass is 257 g/mol. The lowest BCUT2D eigenvalue weighted by atomic mass is 9.85. The van der Waals surface area contributed by atoms with Crippen molar-refractivity contribution < 1.29 is 9.90 Å². The standard InChI is InChI=1S/C16H19NO2/c1-2-6-14(15(17)16(18)19)13-10-5-8-11-7-3-4-9-12(11)13/h3-5,7-10,14-15H,2,6,17H2,1H3,(H,18,19). The van der Waals surface area contributed by atoms with Crippen molar-refractivity contribution in [2.24, 2.45) is 5.73 Å². The van der Waals surface area contributed by atoms with E-state index in [0.717, 1.165) is 29.2 Å². The molecular formula is C16H19NO2. The average molecular weight is 257 g/mol.